The Morgan fingerprint density at radius 2 is 1.73 bits per heavy atom. The van der Waals surface area contributed by atoms with E-state index in [0.717, 1.165) is 5.57 Å². The third kappa shape index (κ3) is 2.42. The number of hydrogen-bond acceptors (Lipinski definition) is 0. The Balaban J connectivity index is 2.87. The molecule has 0 aromatic carbocycles. The SMILES string of the molecule is C=C(C)C1=C/C=C\C=C/C=C\1. The molecule has 0 fully saturated rings. The maximum atomic E-state index is 3.87. The Kier molecular flexibility index (Phi) is 2.67. The minimum atomic E-state index is 1.10. The van der Waals surface area contributed by atoms with Gasteiger partial charge in [-0.2, -0.15) is 0 Å². The van der Waals surface area contributed by atoms with E-state index in [0.29, 0.717) is 0 Å². The fourth-order valence-corrected chi connectivity index (χ4v) is 0.851. The highest BCUT2D eigenvalue weighted by Gasteiger charge is 1.89. The minimum absolute atomic E-state index is 1.10. The van der Waals surface area contributed by atoms with Gasteiger partial charge in [-0.05, 0) is 12.5 Å². The average molecular weight is 144 g/mol. The summed E-state index contributed by atoms with van der Waals surface area (Å²) in [5.41, 5.74) is 2.28. The van der Waals surface area contributed by atoms with Crippen molar-refractivity contribution in [2.75, 3.05) is 0 Å². The molecule has 0 aliphatic heterocycles. The molecule has 0 saturated heterocycles. The van der Waals surface area contributed by atoms with Crippen molar-refractivity contribution in [2.45, 2.75) is 6.92 Å². The molecule has 1 aliphatic rings. The Bertz CT molecular complexity index is 260. The summed E-state index contributed by atoms with van der Waals surface area (Å²) in [4.78, 5) is 0. The molecule has 0 amide bonds. The molecule has 0 saturated carbocycles. The molecule has 0 aromatic rings. The van der Waals surface area contributed by atoms with Gasteiger partial charge in [0, 0.05) is 0 Å². The summed E-state index contributed by atoms with van der Waals surface area (Å²) in [5.74, 6) is 0. The zero-order valence-electron chi connectivity index (χ0n) is 6.75. The standard InChI is InChI=1S/C11H12/c1-10(2)11-8-6-4-3-5-7-9-11/h3-9H,1H2,2H3/b4-3-,5-3?,6-4?,7-5-,8-6-,9-7?,11-8?,11-9+. The van der Waals surface area contributed by atoms with Crippen molar-refractivity contribution >= 4 is 0 Å². The highest BCUT2D eigenvalue weighted by atomic mass is 13.9. The summed E-state index contributed by atoms with van der Waals surface area (Å²) in [7, 11) is 0. The van der Waals surface area contributed by atoms with E-state index in [-0.39, 0.29) is 0 Å². The lowest BCUT2D eigenvalue weighted by atomic mass is 10.1. The van der Waals surface area contributed by atoms with Crippen LogP contribution in [0, 0.1) is 0 Å². The molecule has 0 aromatic heterocycles. The molecule has 0 radical (unpaired) electrons. The van der Waals surface area contributed by atoms with Gasteiger partial charge in [-0.15, -0.1) is 0 Å². The van der Waals surface area contributed by atoms with Crippen LogP contribution in [0.4, 0.5) is 0 Å². The Morgan fingerprint density at radius 3 is 2.45 bits per heavy atom. The first-order chi connectivity index (χ1) is 5.30. The van der Waals surface area contributed by atoms with E-state index in [4.69, 9.17) is 0 Å². The molecule has 1 aliphatic carbocycles. The second kappa shape index (κ2) is 3.77. The van der Waals surface area contributed by atoms with Crippen LogP contribution in [0.15, 0.2) is 60.3 Å². The van der Waals surface area contributed by atoms with Crippen molar-refractivity contribution in [1.29, 1.82) is 0 Å². The lowest BCUT2D eigenvalue weighted by molar-refractivity contribution is 1.45. The van der Waals surface area contributed by atoms with Crippen LogP contribution in [0.1, 0.15) is 6.92 Å². The van der Waals surface area contributed by atoms with Crippen LogP contribution in [-0.4, -0.2) is 0 Å². The molecule has 1 rings (SSSR count). The smallest absolute Gasteiger partial charge is 0.0233 e. The molecular formula is C11H12. The summed E-state index contributed by atoms with van der Waals surface area (Å²) < 4.78 is 0. The highest BCUT2D eigenvalue weighted by molar-refractivity contribution is 5.41. The van der Waals surface area contributed by atoms with E-state index in [1.54, 1.807) is 0 Å². The van der Waals surface area contributed by atoms with Crippen LogP contribution in [-0.2, 0) is 0 Å². The van der Waals surface area contributed by atoms with Crippen molar-refractivity contribution in [3.8, 4) is 0 Å². The first kappa shape index (κ1) is 7.80. The topological polar surface area (TPSA) is 0 Å². The third-order valence-electron chi connectivity index (χ3n) is 1.49. The molecule has 0 heterocycles. The van der Waals surface area contributed by atoms with Gasteiger partial charge in [-0.25, -0.2) is 0 Å². The molecule has 0 heteroatoms. The average Bonchev–Trinajstić information content (AvgIpc) is 1.84. The van der Waals surface area contributed by atoms with Crippen LogP contribution >= 0.6 is 0 Å². The van der Waals surface area contributed by atoms with Crippen LogP contribution in [0.25, 0.3) is 0 Å². The first-order valence-electron chi connectivity index (χ1n) is 3.68. The predicted molar refractivity (Wildman–Crippen MR) is 50.3 cm³/mol. The molecule has 0 bridgehead atoms. The highest BCUT2D eigenvalue weighted by Crippen LogP contribution is 2.09. The Labute approximate surface area is 67.9 Å². The van der Waals surface area contributed by atoms with Crippen molar-refractivity contribution in [1.82, 2.24) is 0 Å². The molecule has 0 nitrogen and oxygen atoms in total. The third-order valence-corrected chi connectivity index (χ3v) is 1.49. The summed E-state index contributed by atoms with van der Waals surface area (Å²) in [6, 6.07) is 0. The van der Waals surface area contributed by atoms with Crippen molar-refractivity contribution in [3.05, 3.63) is 60.3 Å². The van der Waals surface area contributed by atoms with Gasteiger partial charge in [-0.3, -0.25) is 0 Å². The minimum Gasteiger partial charge on any atom is -0.0955 e. The van der Waals surface area contributed by atoms with E-state index in [1.165, 1.54) is 5.57 Å². The quantitative estimate of drug-likeness (QED) is 0.530. The van der Waals surface area contributed by atoms with Crippen molar-refractivity contribution in [3.63, 3.8) is 0 Å². The number of hydrogen-bond donors (Lipinski definition) is 0. The van der Waals surface area contributed by atoms with Gasteiger partial charge in [0.25, 0.3) is 0 Å². The lowest BCUT2D eigenvalue weighted by Gasteiger charge is -1.98. The van der Waals surface area contributed by atoms with Crippen molar-refractivity contribution in [2.24, 2.45) is 0 Å². The summed E-state index contributed by atoms with van der Waals surface area (Å²) in [6.07, 6.45) is 14.2. The maximum Gasteiger partial charge on any atom is -0.0233 e. The normalized spacial score (nSPS) is 29.0. The maximum absolute atomic E-state index is 3.87. The van der Waals surface area contributed by atoms with Crippen LogP contribution < -0.4 is 0 Å². The molecule has 56 valence electrons. The molecule has 0 unspecified atom stereocenters. The van der Waals surface area contributed by atoms with E-state index < -0.39 is 0 Å². The van der Waals surface area contributed by atoms with Gasteiger partial charge in [0.15, 0.2) is 0 Å². The fraction of sp³-hybridized carbons (Fsp3) is 0.0909. The van der Waals surface area contributed by atoms with Gasteiger partial charge in [0.1, 0.15) is 0 Å². The fourth-order valence-electron chi connectivity index (χ4n) is 0.851. The van der Waals surface area contributed by atoms with Gasteiger partial charge in [-0.1, -0.05) is 54.7 Å². The lowest BCUT2D eigenvalue weighted by Crippen LogP contribution is -1.78. The molecule has 0 N–H and O–H groups in total. The number of rotatable bonds is 1. The summed E-state index contributed by atoms with van der Waals surface area (Å²) in [5, 5.41) is 0. The second-order valence-corrected chi connectivity index (χ2v) is 2.53. The van der Waals surface area contributed by atoms with Crippen LogP contribution in [0.2, 0.25) is 0 Å². The largest absolute Gasteiger partial charge is 0.0955 e. The first-order valence-corrected chi connectivity index (χ1v) is 3.68. The molecule has 0 atom stereocenters. The van der Waals surface area contributed by atoms with Gasteiger partial charge in [0.05, 0.1) is 0 Å². The van der Waals surface area contributed by atoms with E-state index >= 15 is 0 Å². The van der Waals surface area contributed by atoms with Crippen LogP contribution in [0.3, 0.4) is 0 Å². The summed E-state index contributed by atoms with van der Waals surface area (Å²) >= 11 is 0. The van der Waals surface area contributed by atoms with E-state index in [9.17, 15) is 0 Å². The monoisotopic (exact) mass is 144 g/mol. The van der Waals surface area contributed by atoms with Crippen molar-refractivity contribution < 1.29 is 0 Å². The number of allylic oxidation sites excluding steroid dienone is 9. The van der Waals surface area contributed by atoms with Gasteiger partial charge < -0.3 is 0 Å². The molecular weight excluding hydrogens is 132 g/mol. The Hall–Kier alpha value is -1.30. The summed E-state index contributed by atoms with van der Waals surface area (Å²) in [6.45, 7) is 5.88. The van der Waals surface area contributed by atoms with Gasteiger partial charge in [0.2, 0.25) is 0 Å². The van der Waals surface area contributed by atoms with E-state index in [1.807, 2.05) is 37.3 Å². The van der Waals surface area contributed by atoms with Gasteiger partial charge >= 0.3 is 0 Å². The Morgan fingerprint density at radius 1 is 1.09 bits per heavy atom. The zero-order chi connectivity index (χ0) is 8.10. The molecule has 0 spiro atoms. The zero-order valence-corrected chi connectivity index (χ0v) is 6.75. The molecule has 11 heavy (non-hydrogen) atoms. The van der Waals surface area contributed by atoms with E-state index in [2.05, 4.69) is 18.7 Å². The second-order valence-electron chi connectivity index (χ2n) is 2.53. The van der Waals surface area contributed by atoms with Crippen LogP contribution in [0.5, 0.6) is 0 Å². The predicted octanol–water partition coefficient (Wildman–Crippen LogP) is 3.17.